The third kappa shape index (κ3) is 3.68. The van der Waals surface area contributed by atoms with Crippen molar-refractivity contribution in [1.82, 2.24) is 14.3 Å². The Bertz CT molecular complexity index is 913. The molecule has 3 rings (SSSR count). The fourth-order valence-electron chi connectivity index (χ4n) is 2.94. The first kappa shape index (κ1) is 17.1. The van der Waals surface area contributed by atoms with Gasteiger partial charge in [-0.2, -0.15) is 4.98 Å². The molecule has 1 aromatic carbocycles. The minimum atomic E-state index is -3.59. The van der Waals surface area contributed by atoms with Gasteiger partial charge in [0, 0.05) is 22.8 Å². The van der Waals surface area contributed by atoms with Crippen molar-refractivity contribution in [3.05, 3.63) is 51.5 Å². The van der Waals surface area contributed by atoms with Crippen LogP contribution in [0.2, 0.25) is 0 Å². The molecule has 0 radical (unpaired) electrons. The molecule has 1 saturated carbocycles. The summed E-state index contributed by atoms with van der Waals surface area (Å²) < 4.78 is 29.9. The van der Waals surface area contributed by atoms with Gasteiger partial charge in [0.05, 0.1) is 4.90 Å². The second kappa shape index (κ2) is 6.66. The number of hydrogen-bond acceptors (Lipinski definition) is 5. The molecular formula is C15H17BrN4O3S. The third-order valence-corrected chi connectivity index (χ3v) is 6.09. The molecule has 1 heterocycles. The van der Waals surface area contributed by atoms with E-state index in [1.54, 1.807) is 36.5 Å². The highest BCUT2D eigenvalue weighted by molar-refractivity contribution is 9.10. The van der Waals surface area contributed by atoms with Gasteiger partial charge in [0.1, 0.15) is 5.82 Å². The Morgan fingerprint density at radius 2 is 2.08 bits per heavy atom. The van der Waals surface area contributed by atoms with Gasteiger partial charge in [0.25, 0.3) is 0 Å². The van der Waals surface area contributed by atoms with E-state index in [4.69, 9.17) is 5.73 Å². The van der Waals surface area contributed by atoms with Crippen LogP contribution in [0.1, 0.15) is 25.3 Å². The van der Waals surface area contributed by atoms with Gasteiger partial charge in [-0.3, -0.25) is 4.57 Å². The lowest BCUT2D eigenvalue weighted by atomic mass is 10.2. The summed E-state index contributed by atoms with van der Waals surface area (Å²) >= 11 is 3.27. The van der Waals surface area contributed by atoms with Crippen LogP contribution in [0.3, 0.4) is 0 Å². The molecule has 2 aromatic rings. The SMILES string of the molecule is Nc1ccn([C@H]2CC[C@H](NS(=O)(=O)c3cccc(Br)c3)C2)c(=O)n1. The van der Waals surface area contributed by atoms with Gasteiger partial charge in [-0.15, -0.1) is 0 Å². The van der Waals surface area contributed by atoms with Crippen LogP contribution >= 0.6 is 15.9 Å². The number of nitrogens with zero attached hydrogens (tertiary/aromatic N) is 2. The Kier molecular flexibility index (Phi) is 4.75. The van der Waals surface area contributed by atoms with Gasteiger partial charge in [-0.1, -0.05) is 22.0 Å². The van der Waals surface area contributed by atoms with Gasteiger partial charge in [-0.05, 0) is 43.5 Å². The molecule has 128 valence electrons. The number of nitrogens with two attached hydrogens (primary N) is 1. The maximum atomic E-state index is 12.5. The number of nitrogens with one attached hydrogen (secondary N) is 1. The minimum absolute atomic E-state index is 0.0826. The van der Waals surface area contributed by atoms with Crippen LogP contribution in [-0.4, -0.2) is 24.0 Å². The molecule has 2 atom stereocenters. The monoisotopic (exact) mass is 412 g/mol. The highest BCUT2D eigenvalue weighted by Crippen LogP contribution is 2.30. The average Bonchev–Trinajstić information content (AvgIpc) is 2.94. The molecule has 1 aliphatic rings. The molecule has 1 aliphatic carbocycles. The molecule has 24 heavy (non-hydrogen) atoms. The van der Waals surface area contributed by atoms with E-state index in [-0.39, 0.29) is 22.8 Å². The van der Waals surface area contributed by atoms with Crippen LogP contribution in [0.4, 0.5) is 5.82 Å². The van der Waals surface area contributed by atoms with Crippen LogP contribution in [0.15, 0.2) is 50.7 Å². The zero-order chi connectivity index (χ0) is 17.3. The topological polar surface area (TPSA) is 107 Å². The van der Waals surface area contributed by atoms with Crippen molar-refractivity contribution in [1.29, 1.82) is 0 Å². The second-order valence-electron chi connectivity index (χ2n) is 5.78. The summed E-state index contributed by atoms with van der Waals surface area (Å²) in [6, 6.07) is 7.82. The first-order valence-electron chi connectivity index (χ1n) is 7.48. The Morgan fingerprint density at radius 1 is 1.29 bits per heavy atom. The second-order valence-corrected chi connectivity index (χ2v) is 8.41. The van der Waals surface area contributed by atoms with E-state index >= 15 is 0 Å². The highest BCUT2D eigenvalue weighted by atomic mass is 79.9. The number of aromatic nitrogens is 2. The smallest absolute Gasteiger partial charge is 0.349 e. The summed E-state index contributed by atoms with van der Waals surface area (Å²) in [6.07, 6.45) is 3.52. The normalized spacial score (nSPS) is 21.0. The number of nitrogen functional groups attached to an aromatic ring is 1. The Morgan fingerprint density at radius 3 is 2.79 bits per heavy atom. The van der Waals surface area contributed by atoms with Crippen molar-refractivity contribution in [3.63, 3.8) is 0 Å². The number of hydrogen-bond donors (Lipinski definition) is 2. The first-order chi connectivity index (χ1) is 11.3. The van der Waals surface area contributed by atoms with Crippen molar-refractivity contribution in [2.45, 2.75) is 36.2 Å². The van der Waals surface area contributed by atoms with Gasteiger partial charge in [-0.25, -0.2) is 17.9 Å². The van der Waals surface area contributed by atoms with Gasteiger partial charge in [0.2, 0.25) is 10.0 Å². The van der Waals surface area contributed by atoms with Gasteiger partial charge >= 0.3 is 5.69 Å². The lowest BCUT2D eigenvalue weighted by Crippen LogP contribution is -2.34. The number of rotatable bonds is 4. The fraction of sp³-hybridized carbons (Fsp3) is 0.333. The molecule has 3 N–H and O–H groups in total. The van der Waals surface area contributed by atoms with E-state index in [2.05, 4.69) is 25.6 Å². The van der Waals surface area contributed by atoms with E-state index in [1.807, 2.05) is 0 Å². The Labute approximate surface area is 148 Å². The quantitative estimate of drug-likeness (QED) is 0.793. The Balaban J connectivity index is 1.73. The molecule has 0 saturated heterocycles. The summed E-state index contributed by atoms with van der Waals surface area (Å²) in [5.74, 6) is 0.182. The van der Waals surface area contributed by atoms with E-state index in [0.717, 1.165) is 0 Å². The number of anilines is 1. The molecular weight excluding hydrogens is 396 g/mol. The van der Waals surface area contributed by atoms with Gasteiger partial charge < -0.3 is 5.73 Å². The van der Waals surface area contributed by atoms with Crippen LogP contribution in [0, 0.1) is 0 Å². The van der Waals surface area contributed by atoms with Crippen molar-refractivity contribution in [2.24, 2.45) is 0 Å². The van der Waals surface area contributed by atoms with Crippen molar-refractivity contribution < 1.29 is 8.42 Å². The van der Waals surface area contributed by atoms with E-state index in [9.17, 15) is 13.2 Å². The third-order valence-electron chi connectivity index (χ3n) is 4.08. The lowest BCUT2D eigenvalue weighted by Gasteiger charge is -2.15. The van der Waals surface area contributed by atoms with Crippen LogP contribution in [-0.2, 0) is 10.0 Å². The maximum absolute atomic E-state index is 12.5. The Hall–Kier alpha value is -1.71. The molecule has 1 aromatic heterocycles. The minimum Gasteiger partial charge on any atom is -0.383 e. The zero-order valence-electron chi connectivity index (χ0n) is 12.7. The van der Waals surface area contributed by atoms with E-state index in [1.165, 1.54) is 4.57 Å². The standard InChI is InChI=1S/C15H17BrN4O3S/c16-10-2-1-3-13(8-10)24(22,23)19-11-4-5-12(9-11)20-7-6-14(17)18-15(20)21/h1-3,6-8,11-12,19H,4-5,9H2,(H2,17,18,21)/t11-,12-/m0/s1. The molecule has 0 aliphatic heterocycles. The van der Waals surface area contributed by atoms with Crippen molar-refractivity contribution in [2.75, 3.05) is 5.73 Å². The van der Waals surface area contributed by atoms with Crippen molar-refractivity contribution in [3.8, 4) is 0 Å². The molecule has 0 unspecified atom stereocenters. The lowest BCUT2D eigenvalue weighted by molar-refractivity contribution is 0.477. The van der Waals surface area contributed by atoms with E-state index in [0.29, 0.717) is 23.7 Å². The fourth-order valence-corrected chi connectivity index (χ4v) is 4.82. The van der Waals surface area contributed by atoms with Gasteiger partial charge in [0.15, 0.2) is 0 Å². The molecule has 0 amide bonds. The summed E-state index contributed by atoms with van der Waals surface area (Å²) in [5.41, 5.74) is 5.09. The average molecular weight is 413 g/mol. The first-order valence-corrected chi connectivity index (χ1v) is 9.75. The molecule has 1 fully saturated rings. The summed E-state index contributed by atoms with van der Waals surface area (Å²) in [5, 5.41) is 0. The maximum Gasteiger partial charge on any atom is 0.349 e. The molecule has 0 bridgehead atoms. The number of sulfonamides is 1. The predicted molar refractivity (Wildman–Crippen MR) is 94.0 cm³/mol. The van der Waals surface area contributed by atoms with Crippen molar-refractivity contribution >= 4 is 31.8 Å². The highest BCUT2D eigenvalue weighted by Gasteiger charge is 2.30. The number of benzene rings is 1. The summed E-state index contributed by atoms with van der Waals surface area (Å²) in [6.45, 7) is 0. The molecule has 0 spiro atoms. The van der Waals surface area contributed by atoms with Crippen LogP contribution < -0.4 is 16.1 Å². The summed E-state index contributed by atoms with van der Waals surface area (Å²) in [7, 11) is -3.59. The van der Waals surface area contributed by atoms with Crippen LogP contribution in [0.25, 0.3) is 0 Å². The zero-order valence-corrected chi connectivity index (χ0v) is 15.1. The number of halogens is 1. The summed E-state index contributed by atoms with van der Waals surface area (Å²) in [4.78, 5) is 15.8. The molecule has 7 nitrogen and oxygen atoms in total. The predicted octanol–water partition coefficient (Wildman–Crippen LogP) is 1.66. The van der Waals surface area contributed by atoms with E-state index < -0.39 is 15.7 Å². The van der Waals surface area contributed by atoms with Crippen LogP contribution in [0.5, 0.6) is 0 Å². The largest absolute Gasteiger partial charge is 0.383 e. The molecule has 9 heteroatoms.